The van der Waals surface area contributed by atoms with Crippen LogP contribution in [-0.4, -0.2) is 19.6 Å². The standard InChI is InChI=1S/C15H22N2/c1-12(2)14-5-3-4-6-15(14)17-9-7-13(11-16)8-10-17/h3-7,12H,8-11,16H2,1-2H3. The number of nitrogens with two attached hydrogens (primary N) is 1. The second kappa shape index (κ2) is 5.37. The quantitative estimate of drug-likeness (QED) is 0.809. The topological polar surface area (TPSA) is 29.3 Å². The average molecular weight is 230 g/mol. The van der Waals surface area contributed by atoms with Crippen molar-refractivity contribution in [1.82, 2.24) is 0 Å². The highest BCUT2D eigenvalue weighted by Crippen LogP contribution is 2.28. The lowest BCUT2D eigenvalue weighted by Crippen LogP contribution is -2.30. The molecule has 92 valence electrons. The molecule has 2 N–H and O–H groups in total. The zero-order chi connectivity index (χ0) is 12.3. The van der Waals surface area contributed by atoms with Crippen LogP contribution < -0.4 is 10.6 Å². The molecule has 1 aromatic carbocycles. The summed E-state index contributed by atoms with van der Waals surface area (Å²) in [5, 5.41) is 0. The third-order valence-corrected chi connectivity index (χ3v) is 3.46. The maximum atomic E-state index is 5.68. The Bertz CT molecular complexity index is 407. The van der Waals surface area contributed by atoms with Crippen LogP contribution in [-0.2, 0) is 0 Å². The molecule has 0 aliphatic carbocycles. The Morgan fingerprint density at radius 3 is 2.65 bits per heavy atom. The molecule has 0 amide bonds. The first-order valence-corrected chi connectivity index (χ1v) is 6.44. The summed E-state index contributed by atoms with van der Waals surface area (Å²) in [5.41, 5.74) is 9.90. The zero-order valence-electron chi connectivity index (χ0n) is 10.8. The first-order chi connectivity index (χ1) is 8.22. The summed E-state index contributed by atoms with van der Waals surface area (Å²) in [6, 6.07) is 8.73. The largest absolute Gasteiger partial charge is 0.367 e. The van der Waals surface area contributed by atoms with Gasteiger partial charge in [0.05, 0.1) is 0 Å². The van der Waals surface area contributed by atoms with Gasteiger partial charge in [-0.15, -0.1) is 0 Å². The maximum absolute atomic E-state index is 5.68. The molecule has 0 atom stereocenters. The molecule has 17 heavy (non-hydrogen) atoms. The van der Waals surface area contributed by atoms with Crippen molar-refractivity contribution < 1.29 is 0 Å². The van der Waals surface area contributed by atoms with E-state index in [1.807, 2.05) is 0 Å². The number of hydrogen-bond donors (Lipinski definition) is 1. The highest BCUT2D eigenvalue weighted by atomic mass is 15.1. The highest BCUT2D eigenvalue weighted by Gasteiger charge is 2.15. The van der Waals surface area contributed by atoms with Crippen LogP contribution in [0.4, 0.5) is 5.69 Å². The first-order valence-electron chi connectivity index (χ1n) is 6.44. The molecule has 2 heteroatoms. The molecule has 0 fully saturated rings. The van der Waals surface area contributed by atoms with E-state index in [0.717, 1.165) is 19.5 Å². The summed E-state index contributed by atoms with van der Waals surface area (Å²) >= 11 is 0. The molecule has 0 unspecified atom stereocenters. The fourth-order valence-electron chi connectivity index (χ4n) is 2.38. The van der Waals surface area contributed by atoms with Gasteiger partial charge in [-0.2, -0.15) is 0 Å². The maximum Gasteiger partial charge on any atom is 0.0404 e. The van der Waals surface area contributed by atoms with Gasteiger partial charge < -0.3 is 10.6 Å². The lowest BCUT2D eigenvalue weighted by atomic mass is 9.99. The normalized spacial score (nSPS) is 16.2. The molecule has 1 aliphatic heterocycles. The Kier molecular flexibility index (Phi) is 3.85. The lowest BCUT2D eigenvalue weighted by Gasteiger charge is -2.30. The van der Waals surface area contributed by atoms with Crippen molar-refractivity contribution in [2.45, 2.75) is 26.2 Å². The number of anilines is 1. The Morgan fingerprint density at radius 2 is 2.06 bits per heavy atom. The van der Waals surface area contributed by atoms with E-state index in [9.17, 15) is 0 Å². The van der Waals surface area contributed by atoms with Crippen LogP contribution in [0.3, 0.4) is 0 Å². The predicted molar refractivity (Wildman–Crippen MR) is 74.5 cm³/mol. The van der Waals surface area contributed by atoms with E-state index in [4.69, 9.17) is 5.73 Å². The summed E-state index contributed by atoms with van der Waals surface area (Å²) in [7, 11) is 0. The molecule has 1 aliphatic rings. The van der Waals surface area contributed by atoms with Gasteiger partial charge in [0.15, 0.2) is 0 Å². The first kappa shape index (κ1) is 12.2. The van der Waals surface area contributed by atoms with Crippen molar-refractivity contribution in [1.29, 1.82) is 0 Å². The van der Waals surface area contributed by atoms with Gasteiger partial charge in [0.2, 0.25) is 0 Å². The molecule has 2 rings (SSSR count). The second-order valence-electron chi connectivity index (χ2n) is 4.98. The van der Waals surface area contributed by atoms with Crippen LogP contribution in [0.5, 0.6) is 0 Å². The Morgan fingerprint density at radius 1 is 1.29 bits per heavy atom. The molecule has 0 saturated carbocycles. The number of benzene rings is 1. The second-order valence-corrected chi connectivity index (χ2v) is 4.98. The molecular weight excluding hydrogens is 208 g/mol. The molecule has 0 saturated heterocycles. The Labute approximate surface area is 104 Å². The van der Waals surface area contributed by atoms with E-state index >= 15 is 0 Å². The van der Waals surface area contributed by atoms with E-state index in [-0.39, 0.29) is 0 Å². The van der Waals surface area contributed by atoms with E-state index in [2.05, 4.69) is 49.1 Å². The van der Waals surface area contributed by atoms with Crippen LogP contribution >= 0.6 is 0 Å². The average Bonchev–Trinajstić information content (AvgIpc) is 2.39. The Balaban J connectivity index is 2.21. The molecule has 0 spiro atoms. The predicted octanol–water partition coefficient (Wildman–Crippen LogP) is 2.91. The van der Waals surface area contributed by atoms with E-state index in [0.29, 0.717) is 12.5 Å². The van der Waals surface area contributed by atoms with Crippen molar-refractivity contribution in [3.05, 3.63) is 41.5 Å². The minimum absolute atomic E-state index is 0.575. The van der Waals surface area contributed by atoms with Crippen LogP contribution in [0.25, 0.3) is 0 Å². The Hall–Kier alpha value is -1.28. The summed E-state index contributed by atoms with van der Waals surface area (Å²) in [6.45, 7) is 7.30. The summed E-state index contributed by atoms with van der Waals surface area (Å²) in [4.78, 5) is 2.45. The molecular formula is C15H22N2. The van der Waals surface area contributed by atoms with Crippen LogP contribution in [0.15, 0.2) is 35.9 Å². The zero-order valence-corrected chi connectivity index (χ0v) is 10.8. The number of para-hydroxylation sites is 1. The van der Waals surface area contributed by atoms with Crippen molar-refractivity contribution >= 4 is 5.69 Å². The van der Waals surface area contributed by atoms with Crippen molar-refractivity contribution in [2.75, 3.05) is 24.5 Å². The van der Waals surface area contributed by atoms with Gasteiger partial charge in [-0.25, -0.2) is 0 Å². The van der Waals surface area contributed by atoms with Gasteiger partial charge in [0, 0.05) is 25.3 Å². The minimum atomic E-state index is 0.575. The summed E-state index contributed by atoms with van der Waals surface area (Å²) in [6.07, 6.45) is 3.38. The smallest absolute Gasteiger partial charge is 0.0404 e. The van der Waals surface area contributed by atoms with Crippen molar-refractivity contribution in [3.8, 4) is 0 Å². The minimum Gasteiger partial charge on any atom is -0.367 e. The van der Waals surface area contributed by atoms with Gasteiger partial charge in [-0.05, 0) is 24.0 Å². The summed E-state index contributed by atoms with van der Waals surface area (Å²) < 4.78 is 0. The van der Waals surface area contributed by atoms with Gasteiger partial charge >= 0.3 is 0 Å². The molecule has 1 heterocycles. The van der Waals surface area contributed by atoms with E-state index in [1.54, 1.807) is 0 Å². The number of rotatable bonds is 3. The SMILES string of the molecule is CC(C)c1ccccc1N1CC=C(CN)CC1. The molecule has 2 nitrogen and oxygen atoms in total. The fourth-order valence-corrected chi connectivity index (χ4v) is 2.38. The van der Waals surface area contributed by atoms with Gasteiger partial charge in [-0.1, -0.05) is 43.7 Å². The van der Waals surface area contributed by atoms with Crippen LogP contribution in [0.1, 0.15) is 31.7 Å². The molecule has 1 aromatic rings. The monoisotopic (exact) mass is 230 g/mol. The van der Waals surface area contributed by atoms with Gasteiger partial charge in [0.25, 0.3) is 0 Å². The van der Waals surface area contributed by atoms with Crippen molar-refractivity contribution in [3.63, 3.8) is 0 Å². The number of nitrogens with zero attached hydrogens (tertiary/aromatic N) is 1. The molecule has 0 radical (unpaired) electrons. The lowest BCUT2D eigenvalue weighted by molar-refractivity contribution is 0.758. The molecule has 0 aromatic heterocycles. The highest BCUT2D eigenvalue weighted by molar-refractivity contribution is 5.56. The van der Waals surface area contributed by atoms with E-state index < -0.39 is 0 Å². The van der Waals surface area contributed by atoms with Crippen molar-refractivity contribution in [2.24, 2.45) is 5.73 Å². The van der Waals surface area contributed by atoms with Crippen LogP contribution in [0.2, 0.25) is 0 Å². The van der Waals surface area contributed by atoms with Gasteiger partial charge in [0.1, 0.15) is 0 Å². The third-order valence-electron chi connectivity index (χ3n) is 3.46. The fraction of sp³-hybridized carbons (Fsp3) is 0.467. The number of hydrogen-bond acceptors (Lipinski definition) is 2. The molecule has 0 bridgehead atoms. The van der Waals surface area contributed by atoms with Crippen LogP contribution in [0, 0.1) is 0 Å². The third kappa shape index (κ3) is 2.70. The summed E-state index contributed by atoms with van der Waals surface area (Å²) in [5.74, 6) is 0.575. The van der Waals surface area contributed by atoms with E-state index in [1.165, 1.54) is 16.8 Å². The van der Waals surface area contributed by atoms with Gasteiger partial charge in [-0.3, -0.25) is 0 Å².